The third-order valence-corrected chi connectivity index (χ3v) is 6.82. The van der Waals surface area contributed by atoms with Gasteiger partial charge in [-0.3, -0.25) is 9.63 Å². The predicted molar refractivity (Wildman–Crippen MR) is 125 cm³/mol. The minimum absolute atomic E-state index is 0.00680. The number of carbonyl (C=O) groups is 1. The molecule has 4 heteroatoms. The molecule has 0 aromatic heterocycles. The summed E-state index contributed by atoms with van der Waals surface area (Å²) in [5.41, 5.74) is 0.954. The van der Waals surface area contributed by atoms with Gasteiger partial charge in [-0.25, -0.2) is 0 Å². The maximum Gasteiger partial charge on any atom is 0.220 e. The Balaban J connectivity index is 2.10. The van der Waals surface area contributed by atoms with Gasteiger partial charge in [0.05, 0.1) is 0 Å². The second-order valence-corrected chi connectivity index (χ2v) is 9.68. The molecule has 1 aromatic rings. The summed E-state index contributed by atoms with van der Waals surface area (Å²) in [7, 11) is 0. The van der Waals surface area contributed by atoms with E-state index in [1.54, 1.807) is 0 Å². The predicted octanol–water partition coefficient (Wildman–Crippen LogP) is 6.57. The van der Waals surface area contributed by atoms with Crippen molar-refractivity contribution in [2.45, 2.75) is 123 Å². The maximum atomic E-state index is 12.6. The SMILES string of the molecule is CCCCCCC(=O)NC1CC(C)(C)N(OC(C)c2ccccc2)C(CC)(CC)C1. The van der Waals surface area contributed by atoms with E-state index in [1.807, 2.05) is 6.07 Å². The van der Waals surface area contributed by atoms with E-state index in [0.29, 0.717) is 6.42 Å². The number of unbranched alkanes of at least 4 members (excludes halogenated alkanes) is 3. The zero-order valence-electron chi connectivity index (χ0n) is 20.2. The molecule has 1 saturated heterocycles. The molecule has 0 bridgehead atoms. The molecule has 2 atom stereocenters. The van der Waals surface area contributed by atoms with E-state index in [2.05, 4.69) is 76.2 Å². The van der Waals surface area contributed by atoms with Gasteiger partial charge in [-0.1, -0.05) is 70.4 Å². The molecule has 1 aliphatic heterocycles. The highest BCUT2D eigenvalue weighted by Gasteiger charge is 2.50. The van der Waals surface area contributed by atoms with Gasteiger partial charge in [0.1, 0.15) is 6.10 Å². The number of rotatable bonds is 11. The van der Waals surface area contributed by atoms with E-state index < -0.39 is 0 Å². The van der Waals surface area contributed by atoms with Crippen LogP contribution in [-0.2, 0) is 9.63 Å². The van der Waals surface area contributed by atoms with Crippen LogP contribution in [0.25, 0.3) is 0 Å². The van der Waals surface area contributed by atoms with Gasteiger partial charge in [0.2, 0.25) is 5.91 Å². The van der Waals surface area contributed by atoms with Crippen molar-refractivity contribution in [1.82, 2.24) is 10.4 Å². The lowest BCUT2D eigenvalue weighted by Gasteiger charge is -2.57. The molecule has 2 unspecified atom stereocenters. The molecule has 0 radical (unpaired) electrons. The first-order chi connectivity index (χ1) is 14.3. The summed E-state index contributed by atoms with van der Waals surface area (Å²) < 4.78 is 0. The number of hydrogen-bond acceptors (Lipinski definition) is 3. The van der Waals surface area contributed by atoms with E-state index in [1.165, 1.54) is 18.4 Å². The van der Waals surface area contributed by atoms with Crippen LogP contribution in [0.5, 0.6) is 0 Å². The topological polar surface area (TPSA) is 41.6 Å². The van der Waals surface area contributed by atoms with Crippen molar-refractivity contribution in [1.29, 1.82) is 0 Å². The zero-order valence-corrected chi connectivity index (χ0v) is 20.2. The molecule has 2 rings (SSSR count). The van der Waals surface area contributed by atoms with E-state index in [9.17, 15) is 4.79 Å². The molecule has 1 N–H and O–H groups in total. The zero-order chi connectivity index (χ0) is 22.2. The minimum atomic E-state index is -0.159. The van der Waals surface area contributed by atoms with Crippen LogP contribution in [0.15, 0.2) is 30.3 Å². The summed E-state index contributed by atoms with van der Waals surface area (Å²) in [5, 5.41) is 5.64. The van der Waals surface area contributed by atoms with E-state index >= 15 is 0 Å². The van der Waals surface area contributed by atoms with Crippen molar-refractivity contribution in [3.8, 4) is 0 Å². The van der Waals surface area contributed by atoms with Gasteiger partial charge >= 0.3 is 0 Å². The largest absolute Gasteiger partial charge is 0.353 e. The molecular formula is C26H44N2O2. The number of benzene rings is 1. The minimum Gasteiger partial charge on any atom is -0.353 e. The molecule has 1 aromatic carbocycles. The van der Waals surface area contributed by atoms with E-state index in [0.717, 1.165) is 38.5 Å². The highest BCUT2D eigenvalue weighted by Crippen LogP contribution is 2.44. The Bertz CT molecular complexity index is 640. The first-order valence-electron chi connectivity index (χ1n) is 12.1. The Morgan fingerprint density at radius 2 is 1.77 bits per heavy atom. The summed E-state index contributed by atoms with van der Waals surface area (Å²) in [6.45, 7) is 13.3. The molecule has 0 saturated carbocycles. The average Bonchev–Trinajstić information content (AvgIpc) is 2.73. The Hall–Kier alpha value is -1.39. The number of amides is 1. The molecular weight excluding hydrogens is 372 g/mol. The lowest BCUT2D eigenvalue weighted by molar-refractivity contribution is -0.316. The fourth-order valence-electron chi connectivity index (χ4n) is 5.08. The second kappa shape index (κ2) is 11.3. The van der Waals surface area contributed by atoms with Crippen molar-refractivity contribution in [3.05, 3.63) is 35.9 Å². The maximum absolute atomic E-state index is 12.6. The first kappa shape index (κ1) is 24.9. The quantitative estimate of drug-likeness (QED) is 0.415. The molecule has 1 fully saturated rings. The standard InChI is InChI=1S/C26H44N2O2/c1-7-10-11-15-18-24(29)27-23-19-25(5,6)28(26(8-2,9-3)20-23)30-21(4)22-16-13-12-14-17-22/h12-14,16-17,21,23H,7-11,15,18-20H2,1-6H3,(H,27,29). The molecule has 1 amide bonds. The number of nitrogens with one attached hydrogen (secondary N) is 1. The average molecular weight is 417 g/mol. The van der Waals surface area contributed by atoms with Crippen LogP contribution < -0.4 is 5.32 Å². The number of nitrogens with zero attached hydrogens (tertiary/aromatic N) is 1. The highest BCUT2D eigenvalue weighted by atomic mass is 16.7. The Morgan fingerprint density at radius 1 is 1.10 bits per heavy atom. The fraction of sp³-hybridized carbons (Fsp3) is 0.731. The van der Waals surface area contributed by atoms with Crippen molar-refractivity contribution in [2.24, 2.45) is 0 Å². The van der Waals surface area contributed by atoms with Crippen LogP contribution in [0.2, 0.25) is 0 Å². The van der Waals surface area contributed by atoms with E-state index in [-0.39, 0.29) is 29.1 Å². The number of hydrogen-bond donors (Lipinski definition) is 1. The lowest BCUT2D eigenvalue weighted by Crippen LogP contribution is -2.66. The van der Waals surface area contributed by atoms with Crippen molar-refractivity contribution < 1.29 is 9.63 Å². The number of carbonyl (C=O) groups excluding carboxylic acids is 1. The van der Waals surface area contributed by atoms with Gasteiger partial charge in [0.25, 0.3) is 0 Å². The number of hydroxylamine groups is 2. The Kier molecular flexibility index (Phi) is 9.36. The summed E-state index contributed by atoms with van der Waals surface area (Å²) in [4.78, 5) is 19.2. The second-order valence-electron chi connectivity index (χ2n) is 9.68. The summed E-state index contributed by atoms with van der Waals surface area (Å²) >= 11 is 0. The van der Waals surface area contributed by atoms with Crippen LogP contribution in [0.4, 0.5) is 0 Å². The van der Waals surface area contributed by atoms with E-state index in [4.69, 9.17) is 4.84 Å². The molecule has 0 aliphatic carbocycles. The highest BCUT2D eigenvalue weighted by molar-refractivity contribution is 5.76. The Labute approximate surface area is 184 Å². The number of piperidine rings is 1. The summed E-state index contributed by atoms with van der Waals surface area (Å²) in [6, 6.07) is 10.6. The van der Waals surface area contributed by atoms with Crippen molar-refractivity contribution in [2.75, 3.05) is 0 Å². The van der Waals surface area contributed by atoms with Gasteiger partial charge in [-0.15, -0.1) is 0 Å². The normalized spacial score (nSPS) is 21.9. The van der Waals surface area contributed by atoms with Gasteiger partial charge in [-0.2, -0.15) is 5.06 Å². The van der Waals surface area contributed by atoms with Gasteiger partial charge in [0, 0.05) is 23.5 Å². The fourth-order valence-corrected chi connectivity index (χ4v) is 5.08. The molecule has 0 spiro atoms. The monoisotopic (exact) mass is 416 g/mol. The Morgan fingerprint density at radius 3 is 2.37 bits per heavy atom. The smallest absolute Gasteiger partial charge is 0.220 e. The van der Waals surface area contributed by atoms with Crippen LogP contribution in [0.3, 0.4) is 0 Å². The van der Waals surface area contributed by atoms with Crippen LogP contribution in [-0.4, -0.2) is 28.1 Å². The summed E-state index contributed by atoms with van der Waals surface area (Å²) in [6.07, 6.45) is 9.02. The van der Waals surface area contributed by atoms with Gasteiger partial charge < -0.3 is 5.32 Å². The van der Waals surface area contributed by atoms with Gasteiger partial charge in [0.15, 0.2) is 0 Å². The summed E-state index contributed by atoms with van der Waals surface area (Å²) in [5.74, 6) is 0.208. The van der Waals surface area contributed by atoms with Gasteiger partial charge in [-0.05, 0) is 58.4 Å². The first-order valence-corrected chi connectivity index (χ1v) is 12.1. The molecule has 170 valence electrons. The van der Waals surface area contributed by atoms with Crippen molar-refractivity contribution >= 4 is 5.91 Å². The molecule has 4 nitrogen and oxygen atoms in total. The van der Waals surface area contributed by atoms with Crippen LogP contribution >= 0.6 is 0 Å². The third kappa shape index (κ3) is 6.31. The molecule has 30 heavy (non-hydrogen) atoms. The van der Waals surface area contributed by atoms with Crippen LogP contribution in [0.1, 0.15) is 111 Å². The third-order valence-electron chi connectivity index (χ3n) is 6.82. The molecule has 1 aliphatic rings. The van der Waals surface area contributed by atoms with Crippen LogP contribution in [0, 0.1) is 0 Å². The van der Waals surface area contributed by atoms with Crippen molar-refractivity contribution in [3.63, 3.8) is 0 Å². The molecule has 1 heterocycles. The lowest BCUT2D eigenvalue weighted by atomic mass is 9.74.